The molecule has 0 spiro atoms. The number of benzene rings is 1. The van der Waals surface area contributed by atoms with Crippen molar-refractivity contribution >= 4 is 11.6 Å². The molecule has 1 fully saturated rings. The number of nitrogens with zero attached hydrogens (tertiary/aromatic N) is 3. The van der Waals surface area contributed by atoms with E-state index in [2.05, 4.69) is 10.4 Å². The molecule has 2 heterocycles. The minimum atomic E-state index is -4.44. The van der Waals surface area contributed by atoms with Crippen LogP contribution in [-0.4, -0.2) is 57.7 Å². The third kappa shape index (κ3) is 5.93. The number of amides is 1. The van der Waals surface area contributed by atoms with E-state index < -0.39 is 12.8 Å². The molecule has 1 atom stereocenters. The standard InChI is InChI=1S/C22H29F3N4O3/c1-15-19(21(28(2)27-15)32-14-22(23,24)25)13-26-17-7-5-6-16(12-17)20(31)29-10-4-3-8-18(29)9-11-30/h5-7,12,18,26,30H,3-4,8-11,13-14H2,1-2H3. The number of hydrogen-bond acceptors (Lipinski definition) is 5. The van der Waals surface area contributed by atoms with Crippen molar-refractivity contribution < 1.29 is 27.8 Å². The van der Waals surface area contributed by atoms with Gasteiger partial charge in [0.15, 0.2) is 6.61 Å². The number of nitrogens with one attached hydrogen (secondary N) is 1. The van der Waals surface area contributed by atoms with E-state index in [0.717, 1.165) is 19.3 Å². The lowest BCUT2D eigenvalue weighted by Crippen LogP contribution is -2.44. The van der Waals surface area contributed by atoms with Crippen molar-refractivity contribution in [3.8, 4) is 5.88 Å². The fourth-order valence-electron chi connectivity index (χ4n) is 4.05. The summed E-state index contributed by atoms with van der Waals surface area (Å²) in [6, 6.07) is 7.06. The van der Waals surface area contributed by atoms with Crippen LogP contribution in [0.25, 0.3) is 0 Å². The predicted octanol–water partition coefficient (Wildman–Crippen LogP) is 3.66. The van der Waals surface area contributed by atoms with Crippen molar-refractivity contribution in [2.24, 2.45) is 7.05 Å². The number of aliphatic hydroxyl groups is 1. The predicted molar refractivity (Wildman–Crippen MR) is 114 cm³/mol. The summed E-state index contributed by atoms with van der Waals surface area (Å²) in [6.07, 6.45) is -1.03. The second-order valence-corrected chi connectivity index (χ2v) is 7.99. The van der Waals surface area contributed by atoms with Gasteiger partial charge in [-0.15, -0.1) is 0 Å². The Bertz CT molecular complexity index is 928. The number of ether oxygens (including phenoxy) is 1. The zero-order chi connectivity index (χ0) is 23.3. The molecule has 3 rings (SSSR count). The van der Waals surface area contributed by atoms with Crippen LogP contribution >= 0.6 is 0 Å². The largest absolute Gasteiger partial charge is 0.468 e. The number of aryl methyl sites for hydroxylation is 2. The summed E-state index contributed by atoms with van der Waals surface area (Å²) in [7, 11) is 1.53. The smallest absolute Gasteiger partial charge is 0.422 e. The van der Waals surface area contributed by atoms with Crippen molar-refractivity contribution in [3.63, 3.8) is 0 Å². The van der Waals surface area contributed by atoms with Gasteiger partial charge in [-0.05, 0) is 50.8 Å². The van der Waals surface area contributed by atoms with Gasteiger partial charge in [0, 0.05) is 44.0 Å². The van der Waals surface area contributed by atoms with Gasteiger partial charge >= 0.3 is 6.18 Å². The SMILES string of the molecule is Cc1nn(C)c(OCC(F)(F)F)c1CNc1cccc(C(=O)N2CCCCC2CCO)c1. The molecule has 1 saturated heterocycles. The molecule has 0 radical (unpaired) electrons. The molecule has 1 amide bonds. The highest BCUT2D eigenvalue weighted by molar-refractivity contribution is 5.95. The Morgan fingerprint density at radius 1 is 1.34 bits per heavy atom. The van der Waals surface area contributed by atoms with Crippen LogP contribution in [0.4, 0.5) is 18.9 Å². The second kappa shape index (κ2) is 10.2. The van der Waals surface area contributed by atoms with Gasteiger partial charge in [0.25, 0.3) is 5.91 Å². The van der Waals surface area contributed by atoms with Crippen molar-refractivity contribution in [1.82, 2.24) is 14.7 Å². The number of piperidine rings is 1. The third-order valence-electron chi connectivity index (χ3n) is 5.59. The molecule has 1 aliphatic heterocycles. The van der Waals surface area contributed by atoms with Gasteiger partial charge in [-0.1, -0.05) is 6.07 Å². The minimum absolute atomic E-state index is 0.0317. The average molecular weight is 454 g/mol. The van der Waals surface area contributed by atoms with Crippen LogP contribution in [0.2, 0.25) is 0 Å². The number of halogens is 3. The maximum atomic E-state index is 13.1. The lowest BCUT2D eigenvalue weighted by atomic mass is 9.98. The van der Waals surface area contributed by atoms with Gasteiger partial charge in [-0.25, -0.2) is 4.68 Å². The molecule has 1 aromatic carbocycles. The minimum Gasteiger partial charge on any atom is -0.468 e. The Hall–Kier alpha value is -2.75. The van der Waals surface area contributed by atoms with Crippen LogP contribution in [0.3, 0.4) is 0 Å². The third-order valence-corrected chi connectivity index (χ3v) is 5.59. The Morgan fingerprint density at radius 2 is 2.12 bits per heavy atom. The Labute approximate surface area is 185 Å². The first-order chi connectivity index (χ1) is 15.2. The lowest BCUT2D eigenvalue weighted by Gasteiger charge is -2.35. The number of anilines is 1. The van der Waals surface area contributed by atoms with Crippen molar-refractivity contribution in [2.75, 3.05) is 25.1 Å². The summed E-state index contributed by atoms with van der Waals surface area (Å²) in [4.78, 5) is 14.9. The van der Waals surface area contributed by atoms with Crippen LogP contribution in [-0.2, 0) is 13.6 Å². The van der Waals surface area contributed by atoms with E-state index in [1.165, 1.54) is 11.7 Å². The monoisotopic (exact) mass is 454 g/mol. The molecule has 1 aromatic heterocycles. The molecule has 32 heavy (non-hydrogen) atoms. The van der Waals surface area contributed by atoms with Gasteiger partial charge in [0.2, 0.25) is 5.88 Å². The maximum Gasteiger partial charge on any atom is 0.422 e. The second-order valence-electron chi connectivity index (χ2n) is 7.99. The molecule has 2 N–H and O–H groups in total. The topological polar surface area (TPSA) is 79.6 Å². The molecular formula is C22H29F3N4O3. The van der Waals surface area contributed by atoms with E-state index >= 15 is 0 Å². The Balaban J connectivity index is 1.71. The van der Waals surface area contributed by atoms with E-state index in [-0.39, 0.29) is 31.0 Å². The molecular weight excluding hydrogens is 425 g/mol. The number of hydrogen-bond donors (Lipinski definition) is 2. The number of alkyl halides is 3. The number of rotatable bonds is 8. The van der Waals surface area contributed by atoms with Gasteiger partial charge < -0.3 is 20.1 Å². The Kier molecular flexibility index (Phi) is 7.65. The highest BCUT2D eigenvalue weighted by atomic mass is 19.4. The van der Waals surface area contributed by atoms with Crippen molar-refractivity contribution in [1.29, 1.82) is 0 Å². The summed E-state index contributed by atoms with van der Waals surface area (Å²) in [5.74, 6) is -0.0294. The van der Waals surface area contributed by atoms with Crippen molar-refractivity contribution in [2.45, 2.75) is 51.4 Å². The summed E-state index contributed by atoms with van der Waals surface area (Å²) in [6.45, 7) is 1.21. The number of aliphatic hydroxyl groups excluding tert-OH is 1. The van der Waals surface area contributed by atoms with Gasteiger partial charge in [0.05, 0.1) is 11.3 Å². The molecule has 0 bridgehead atoms. The molecule has 7 nitrogen and oxygen atoms in total. The number of aromatic nitrogens is 2. The molecule has 10 heteroatoms. The summed E-state index contributed by atoms with van der Waals surface area (Å²) in [5, 5.41) is 16.6. The van der Waals surface area contributed by atoms with Crippen LogP contribution < -0.4 is 10.1 Å². The summed E-state index contributed by atoms with van der Waals surface area (Å²) >= 11 is 0. The van der Waals surface area contributed by atoms with E-state index in [1.54, 1.807) is 31.2 Å². The van der Waals surface area contributed by atoms with Crippen LogP contribution in [0.15, 0.2) is 24.3 Å². The number of carbonyl (C=O) groups is 1. The molecule has 0 saturated carbocycles. The van der Waals surface area contributed by atoms with E-state index in [1.807, 2.05) is 4.90 Å². The van der Waals surface area contributed by atoms with E-state index in [0.29, 0.717) is 35.5 Å². The van der Waals surface area contributed by atoms with Gasteiger partial charge in [0.1, 0.15) is 0 Å². The van der Waals surface area contributed by atoms with Crippen molar-refractivity contribution in [3.05, 3.63) is 41.1 Å². The van der Waals surface area contributed by atoms with E-state index in [4.69, 9.17) is 4.74 Å². The molecule has 176 valence electrons. The zero-order valence-corrected chi connectivity index (χ0v) is 18.3. The van der Waals surface area contributed by atoms with Crippen LogP contribution in [0.1, 0.15) is 47.3 Å². The first-order valence-electron chi connectivity index (χ1n) is 10.7. The summed E-state index contributed by atoms with van der Waals surface area (Å²) in [5.41, 5.74) is 2.27. The fraction of sp³-hybridized carbons (Fsp3) is 0.545. The lowest BCUT2D eigenvalue weighted by molar-refractivity contribution is -0.154. The molecule has 2 aromatic rings. The average Bonchev–Trinajstić information content (AvgIpc) is 3.02. The normalized spacial score (nSPS) is 16.8. The molecule has 1 unspecified atom stereocenters. The first-order valence-corrected chi connectivity index (χ1v) is 10.7. The number of likely N-dealkylation sites (tertiary alicyclic amines) is 1. The zero-order valence-electron chi connectivity index (χ0n) is 18.3. The van der Waals surface area contributed by atoms with Crippen LogP contribution in [0.5, 0.6) is 5.88 Å². The maximum absolute atomic E-state index is 13.1. The first kappa shape index (κ1) is 23.9. The highest BCUT2D eigenvalue weighted by Crippen LogP contribution is 2.26. The highest BCUT2D eigenvalue weighted by Gasteiger charge is 2.30. The molecule has 1 aliphatic rings. The number of carbonyl (C=O) groups excluding carboxylic acids is 1. The van der Waals surface area contributed by atoms with Gasteiger partial charge in [-0.3, -0.25) is 4.79 Å². The van der Waals surface area contributed by atoms with Crippen LogP contribution in [0, 0.1) is 6.92 Å². The van der Waals surface area contributed by atoms with E-state index in [9.17, 15) is 23.1 Å². The molecule has 0 aliphatic carbocycles. The van der Waals surface area contributed by atoms with Gasteiger partial charge in [-0.2, -0.15) is 18.3 Å². The summed E-state index contributed by atoms with van der Waals surface area (Å²) < 4.78 is 44.0. The Morgan fingerprint density at radius 3 is 2.84 bits per heavy atom. The fourth-order valence-corrected chi connectivity index (χ4v) is 4.05. The quantitative estimate of drug-likeness (QED) is 0.637.